The number of urea groups is 1. The van der Waals surface area contributed by atoms with Gasteiger partial charge in [0.05, 0.1) is 29.3 Å². The Morgan fingerprint density at radius 2 is 1.27 bits per heavy atom. The molecule has 0 unspecified atom stereocenters. The van der Waals surface area contributed by atoms with Crippen molar-refractivity contribution in [2.45, 2.75) is 123 Å². The number of fused-ring (bicyclic) bond motifs is 1. The maximum atomic E-state index is 11.9. The number of ether oxygens (including phenoxy) is 1. The van der Waals surface area contributed by atoms with E-state index in [9.17, 15) is 19.2 Å². The van der Waals surface area contributed by atoms with E-state index in [0.29, 0.717) is 34.3 Å². The van der Waals surface area contributed by atoms with Gasteiger partial charge in [-0.05, 0) is 43.7 Å². The minimum atomic E-state index is -0.549. The molecule has 0 spiro atoms. The van der Waals surface area contributed by atoms with E-state index in [1.807, 2.05) is 12.1 Å². The van der Waals surface area contributed by atoms with Crippen LogP contribution in [0.2, 0.25) is 0 Å². The molecule has 1 aliphatic rings. The van der Waals surface area contributed by atoms with E-state index in [0.717, 1.165) is 12.8 Å². The number of esters is 1. The number of para-hydroxylation sites is 1. The molecule has 9 heteroatoms. The van der Waals surface area contributed by atoms with Gasteiger partial charge in [0.25, 0.3) is 0 Å². The lowest BCUT2D eigenvalue weighted by Crippen LogP contribution is -2.23. The van der Waals surface area contributed by atoms with Crippen molar-refractivity contribution in [2.75, 3.05) is 17.7 Å². The first-order chi connectivity index (χ1) is 21.8. The number of hydrogen-bond donors (Lipinski definition) is 2. The van der Waals surface area contributed by atoms with E-state index in [1.165, 1.54) is 96.8 Å². The van der Waals surface area contributed by atoms with Crippen molar-refractivity contribution in [1.82, 2.24) is 0 Å². The van der Waals surface area contributed by atoms with Crippen LogP contribution in [0.4, 0.5) is 16.2 Å². The van der Waals surface area contributed by atoms with Crippen LogP contribution in [0, 0.1) is 0 Å². The van der Waals surface area contributed by atoms with Gasteiger partial charge in [-0.2, -0.15) is 9.98 Å². The smallest absolute Gasteiger partial charge is 0.368 e. The molecule has 3 N–H and O–H groups in total. The first-order valence-corrected chi connectivity index (χ1v) is 16.7. The summed E-state index contributed by atoms with van der Waals surface area (Å²) in [4.78, 5) is 52.2. The van der Waals surface area contributed by atoms with Gasteiger partial charge in [-0.3, -0.25) is 9.59 Å². The van der Waals surface area contributed by atoms with Gasteiger partial charge < -0.3 is 15.8 Å². The topological polar surface area (TPSA) is 140 Å². The number of anilines is 2. The monoisotopic (exact) mass is 620 g/mol. The fraction of sp³-hybridized carbons (Fsp3) is 0.556. The van der Waals surface area contributed by atoms with Crippen LogP contribution in [0.25, 0.3) is 0 Å². The maximum Gasteiger partial charge on any atom is 0.368 e. The zero-order chi connectivity index (χ0) is 32.7. The standard InChI is InChI=1S/C25H43NO2.C11H9N3O3/c1-2-3-4-5-6-7-8-9-10-11-12-13-14-15-16-19-22-28-25(27)23-20-17-18-21-24(23)26;1-6(15)4-10(16)12-7-2-3-8-9(5-7)14-11(17)13-8/h17-18,20-21H,2-16,19,22,26H2,1H3;2-3,5H,4H2,1H3,(H,12,16). The molecule has 2 aromatic carbocycles. The number of rotatable bonds is 21. The van der Waals surface area contributed by atoms with Gasteiger partial charge >= 0.3 is 12.0 Å². The Morgan fingerprint density at radius 1 is 0.733 bits per heavy atom. The number of carbonyl (C=O) groups is 4. The van der Waals surface area contributed by atoms with Gasteiger partial charge in [-0.1, -0.05) is 115 Å². The van der Waals surface area contributed by atoms with Crippen molar-refractivity contribution in [3.8, 4) is 0 Å². The molecule has 0 aromatic heterocycles. The summed E-state index contributed by atoms with van der Waals surface area (Å²) >= 11 is 0. The summed E-state index contributed by atoms with van der Waals surface area (Å²) in [6, 6.07) is 11.3. The summed E-state index contributed by atoms with van der Waals surface area (Å²) in [6.07, 6.45) is 21.3. The number of nitrogen functional groups attached to an aromatic ring is 1. The Morgan fingerprint density at radius 3 is 1.82 bits per heavy atom. The van der Waals surface area contributed by atoms with Crippen LogP contribution in [0.5, 0.6) is 0 Å². The van der Waals surface area contributed by atoms with Crippen LogP contribution in [0.1, 0.15) is 133 Å². The van der Waals surface area contributed by atoms with Crippen LogP contribution in [-0.4, -0.2) is 30.3 Å². The molecule has 2 aromatic rings. The van der Waals surface area contributed by atoms with Crippen molar-refractivity contribution >= 4 is 35.1 Å². The van der Waals surface area contributed by atoms with E-state index >= 15 is 0 Å². The lowest BCUT2D eigenvalue weighted by molar-refractivity contribution is -0.124. The lowest BCUT2D eigenvalue weighted by Gasteiger charge is -2.07. The quantitative estimate of drug-likeness (QED) is 0.0635. The van der Waals surface area contributed by atoms with Crippen LogP contribution >= 0.6 is 0 Å². The molecule has 0 saturated carbocycles. The number of unbranched alkanes of at least 4 members (excludes halogenated alkanes) is 15. The number of Topliss-reactive ketones (excluding diaryl/α,β-unsaturated/α-hetero) is 1. The predicted molar refractivity (Wildman–Crippen MR) is 179 cm³/mol. The summed E-state index contributed by atoms with van der Waals surface area (Å²) < 4.78 is 5.31. The summed E-state index contributed by atoms with van der Waals surface area (Å²) in [5, 5.41) is 3.46. The Hall–Kier alpha value is -3.88. The summed E-state index contributed by atoms with van der Waals surface area (Å²) in [6.45, 7) is 4.11. The van der Waals surface area contributed by atoms with Crippen molar-refractivity contribution in [3.05, 3.63) is 58.7 Å². The van der Waals surface area contributed by atoms with Gasteiger partial charge in [0.2, 0.25) is 5.91 Å². The normalized spacial score (nSPS) is 11.5. The molecule has 1 heterocycles. The second-order valence-electron chi connectivity index (χ2n) is 11.7. The SMILES string of the molecule is CC(=O)CC(=O)Nc1ccc2c(c1)=NC(=O)N=2.CCCCCCCCCCCCCCCCCCOC(=O)c1ccccc1N. The summed E-state index contributed by atoms with van der Waals surface area (Å²) in [5.41, 5.74) is 7.23. The third-order valence-corrected chi connectivity index (χ3v) is 7.51. The van der Waals surface area contributed by atoms with Gasteiger partial charge in [-0.15, -0.1) is 0 Å². The second kappa shape index (κ2) is 22.6. The van der Waals surface area contributed by atoms with Crippen LogP contribution in [0.3, 0.4) is 0 Å². The number of carbonyl (C=O) groups excluding carboxylic acids is 4. The molecule has 0 saturated heterocycles. The molecule has 3 amide bonds. The summed E-state index contributed by atoms with van der Waals surface area (Å²) in [5.74, 6) is -0.906. The first-order valence-electron chi connectivity index (χ1n) is 16.7. The summed E-state index contributed by atoms with van der Waals surface area (Å²) in [7, 11) is 0. The average Bonchev–Trinajstić information content (AvgIpc) is 3.38. The largest absolute Gasteiger partial charge is 0.462 e. The van der Waals surface area contributed by atoms with E-state index in [1.54, 1.807) is 30.3 Å². The first kappa shape index (κ1) is 37.3. The molecule has 0 radical (unpaired) electrons. The number of amides is 3. The predicted octanol–water partition coefficient (Wildman–Crippen LogP) is 7.66. The number of ketones is 1. The zero-order valence-corrected chi connectivity index (χ0v) is 27.3. The van der Waals surface area contributed by atoms with Gasteiger partial charge in [0.1, 0.15) is 5.78 Å². The third kappa shape index (κ3) is 16.7. The minimum Gasteiger partial charge on any atom is -0.462 e. The number of hydrogen-bond acceptors (Lipinski definition) is 6. The molecule has 0 atom stereocenters. The van der Waals surface area contributed by atoms with Gasteiger partial charge in [0, 0.05) is 11.4 Å². The van der Waals surface area contributed by atoms with Crippen LogP contribution in [-0.2, 0) is 14.3 Å². The molecule has 0 aliphatic carbocycles. The van der Waals surface area contributed by atoms with E-state index in [4.69, 9.17) is 10.5 Å². The van der Waals surface area contributed by atoms with Crippen molar-refractivity contribution in [1.29, 1.82) is 0 Å². The highest BCUT2D eigenvalue weighted by molar-refractivity contribution is 6.03. The number of nitrogens with zero attached hydrogens (tertiary/aromatic N) is 2. The highest BCUT2D eigenvalue weighted by Crippen LogP contribution is 2.15. The zero-order valence-electron chi connectivity index (χ0n) is 27.3. The molecule has 1 aliphatic heterocycles. The highest BCUT2D eigenvalue weighted by atomic mass is 16.5. The fourth-order valence-corrected chi connectivity index (χ4v) is 5.02. The highest BCUT2D eigenvalue weighted by Gasteiger charge is 2.10. The molecule has 3 rings (SSSR count). The van der Waals surface area contributed by atoms with Crippen LogP contribution in [0.15, 0.2) is 52.4 Å². The molecule has 9 nitrogen and oxygen atoms in total. The molecule has 0 bridgehead atoms. The van der Waals surface area contributed by atoms with Gasteiger partial charge in [-0.25, -0.2) is 9.59 Å². The van der Waals surface area contributed by atoms with E-state index in [-0.39, 0.29) is 18.2 Å². The number of nitrogens with two attached hydrogens (primary N) is 1. The van der Waals surface area contributed by atoms with E-state index < -0.39 is 11.9 Å². The van der Waals surface area contributed by atoms with Crippen LogP contribution < -0.4 is 21.8 Å². The molecule has 246 valence electrons. The van der Waals surface area contributed by atoms with Crippen molar-refractivity contribution in [3.63, 3.8) is 0 Å². The maximum absolute atomic E-state index is 11.9. The van der Waals surface area contributed by atoms with Crippen molar-refractivity contribution in [2.24, 2.45) is 9.98 Å². The second-order valence-corrected chi connectivity index (χ2v) is 11.7. The molecular formula is C36H52N4O5. The van der Waals surface area contributed by atoms with E-state index in [2.05, 4.69) is 22.2 Å². The Balaban J connectivity index is 0.000000351. The average molecular weight is 621 g/mol. The Labute approximate surface area is 268 Å². The Bertz CT molecular complexity index is 1340. The van der Waals surface area contributed by atoms with Gasteiger partial charge in [0.15, 0.2) is 0 Å². The molecular weight excluding hydrogens is 568 g/mol. The fourth-order valence-electron chi connectivity index (χ4n) is 5.02. The molecule has 45 heavy (non-hydrogen) atoms. The minimum absolute atomic E-state index is 0.169. The molecule has 0 fully saturated rings. The third-order valence-electron chi connectivity index (χ3n) is 7.51. The number of nitrogens with one attached hydrogen (secondary N) is 1. The Kier molecular flexibility index (Phi) is 18.7. The van der Waals surface area contributed by atoms with Crippen molar-refractivity contribution < 1.29 is 23.9 Å². The lowest BCUT2D eigenvalue weighted by atomic mass is 10.0. The number of benzene rings is 2.